The lowest BCUT2D eigenvalue weighted by atomic mass is 10.2. The first kappa shape index (κ1) is 19.3. The summed E-state index contributed by atoms with van der Waals surface area (Å²) in [6.07, 6.45) is 3.69. The van der Waals surface area contributed by atoms with Crippen LogP contribution in [0, 0.1) is 0 Å². The second-order valence-electron chi connectivity index (χ2n) is 5.68. The molecule has 0 N–H and O–H groups in total. The van der Waals surface area contributed by atoms with Crippen molar-refractivity contribution in [2.24, 2.45) is 5.10 Å². The van der Waals surface area contributed by atoms with E-state index < -0.39 is 0 Å². The molecule has 1 heterocycles. The first-order valence-corrected chi connectivity index (χ1v) is 10.8. The minimum Gasteiger partial charge on any atom is -0.191 e. The highest BCUT2D eigenvalue weighted by atomic mass is 79.9. The summed E-state index contributed by atoms with van der Waals surface area (Å²) in [5.41, 5.74) is 2.26. The molecule has 7 heteroatoms. The molecule has 0 atom stereocenters. The van der Waals surface area contributed by atoms with Crippen LogP contribution >= 0.6 is 43.6 Å². The SMILES string of the molecule is CCCc1nnc(SCc2ccc(Br)cc2)n1/N=C/c1cccc(Br)c1. The van der Waals surface area contributed by atoms with E-state index in [1.807, 2.05) is 35.2 Å². The maximum Gasteiger partial charge on any atom is 0.212 e. The number of hydrogen-bond acceptors (Lipinski definition) is 4. The third kappa shape index (κ3) is 5.28. The molecule has 0 bridgehead atoms. The van der Waals surface area contributed by atoms with Gasteiger partial charge in [-0.05, 0) is 41.8 Å². The molecule has 0 unspecified atom stereocenters. The van der Waals surface area contributed by atoms with E-state index in [-0.39, 0.29) is 0 Å². The summed E-state index contributed by atoms with van der Waals surface area (Å²) in [5, 5.41) is 14.1. The van der Waals surface area contributed by atoms with Crippen LogP contribution in [0.5, 0.6) is 0 Å². The van der Waals surface area contributed by atoms with Gasteiger partial charge in [-0.3, -0.25) is 0 Å². The third-order valence-corrected chi connectivity index (χ3v) is 5.61. The number of benzene rings is 2. The van der Waals surface area contributed by atoms with Gasteiger partial charge in [-0.15, -0.1) is 10.2 Å². The number of halogens is 2. The predicted molar refractivity (Wildman–Crippen MR) is 115 cm³/mol. The fraction of sp³-hybridized carbons (Fsp3) is 0.211. The standard InChI is InChI=1S/C19H18Br2N4S/c1-2-4-18-23-24-19(26-13-14-7-9-16(20)10-8-14)25(18)22-12-15-5-3-6-17(21)11-15/h3,5-12H,2,4,13H2,1H3/b22-12+. The Bertz CT molecular complexity index is 891. The van der Waals surface area contributed by atoms with Crippen molar-refractivity contribution in [3.63, 3.8) is 0 Å². The Hall–Kier alpha value is -1.44. The van der Waals surface area contributed by atoms with Crippen LogP contribution in [0.2, 0.25) is 0 Å². The molecule has 0 saturated carbocycles. The van der Waals surface area contributed by atoms with Crippen LogP contribution in [0.4, 0.5) is 0 Å². The molecule has 26 heavy (non-hydrogen) atoms. The molecule has 2 aromatic carbocycles. The predicted octanol–water partition coefficient (Wildman–Crippen LogP) is 5.93. The molecule has 134 valence electrons. The molecule has 0 aliphatic rings. The number of hydrogen-bond donors (Lipinski definition) is 0. The minimum absolute atomic E-state index is 0.808. The highest BCUT2D eigenvalue weighted by molar-refractivity contribution is 9.10. The Morgan fingerprint density at radius 3 is 2.62 bits per heavy atom. The van der Waals surface area contributed by atoms with Crippen LogP contribution in [0.15, 0.2) is 67.7 Å². The molecule has 3 aromatic rings. The first-order chi connectivity index (χ1) is 12.7. The maximum atomic E-state index is 4.64. The summed E-state index contributed by atoms with van der Waals surface area (Å²) >= 11 is 8.60. The van der Waals surface area contributed by atoms with Crippen molar-refractivity contribution >= 4 is 49.8 Å². The topological polar surface area (TPSA) is 43.1 Å². The molecule has 4 nitrogen and oxygen atoms in total. The number of nitrogens with zero attached hydrogens (tertiary/aromatic N) is 4. The van der Waals surface area contributed by atoms with Gasteiger partial charge in [-0.25, -0.2) is 0 Å². The Labute approximate surface area is 174 Å². The average molecular weight is 494 g/mol. The molecule has 0 saturated heterocycles. The van der Waals surface area contributed by atoms with Crippen molar-refractivity contribution in [1.29, 1.82) is 0 Å². The van der Waals surface area contributed by atoms with E-state index in [4.69, 9.17) is 0 Å². The molecule has 0 aliphatic heterocycles. The van der Waals surface area contributed by atoms with Gasteiger partial charge in [-0.2, -0.15) is 9.78 Å². The molecule has 0 radical (unpaired) electrons. The minimum atomic E-state index is 0.808. The highest BCUT2D eigenvalue weighted by Crippen LogP contribution is 2.23. The van der Waals surface area contributed by atoms with Crippen molar-refractivity contribution < 1.29 is 0 Å². The van der Waals surface area contributed by atoms with Gasteiger partial charge in [0.2, 0.25) is 5.16 Å². The second-order valence-corrected chi connectivity index (χ2v) is 8.45. The monoisotopic (exact) mass is 492 g/mol. The number of thioether (sulfide) groups is 1. The Morgan fingerprint density at radius 2 is 1.88 bits per heavy atom. The Morgan fingerprint density at radius 1 is 1.08 bits per heavy atom. The third-order valence-electron chi connectivity index (χ3n) is 3.60. The van der Waals surface area contributed by atoms with E-state index in [9.17, 15) is 0 Å². The van der Waals surface area contributed by atoms with Gasteiger partial charge < -0.3 is 0 Å². The van der Waals surface area contributed by atoms with Crippen LogP contribution in [0.3, 0.4) is 0 Å². The lowest BCUT2D eigenvalue weighted by Crippen LogP contribution is -2.00. The van der Waals surface area contributed by atoms with Gasteiger partial charge in [0, 0.05) is 21.1 Å². The van der Waals surface area contributed by atoms with Crippen molar-refractivity contribution in [1.82, 2.24) is 14.9 Å². The molecule has 1 aromatic heterocycles. The molecule has 0 amide bonds. The van der Waals surface area contributed by atoms with Gasteiger partial charge in [0.15, 0.2) is 5.82 Å². The molecular weight excluding hydrogens is 476 g/mol. The summed E-state index contributed by atoms with van der Waals surface area (Å²) in [4.78, 5) is 0. The van der Waals surface area contributed by atoms with E-state index in [1.54, 1.807) is 11.8 Å². The molecule has 0 spiro atoms. The van der Waals surface area contributed by atoms with E-state index in [1.165, 1.54) is 5.56 Å². The molecule has 0 fully saturated rings. The molecular formula is C19H18Br2N4S. The first-order valence-electron chi connectivity index (χ1n) is 8.27. The van der Waals surface area contributed by atoms with Gasteiger partial charge in [0.1, 0.15) is 0 Å². The van der Waals surface area contributed by atoms with Crippen LogP contribution in [-0.4, -0.2) is 21.1 Å². The van der Waals surface area contributed by atoms with E-state index in [0.29, 0.717) is 0 Å². The summed E-state index contributed by atoms with van der Waals surface area (Å²) < 4.78 is 3.97. The van der Waals surface area contributed by atoms with Crippen LogP contribution < -0.4 is 0 Å². The van der Waals surface area contributed by atoms with Crippen LogP contribution in [0.1, 0.15) is 30.3 Å². The largest absolute Gasteiger partial charge is 0.212 e. The summed E-state index contributed by atoms with van der Waals surface area (Å²) in [6, 6.07) is 16.4. The Balaban J connectivity index is 1.80. The van der Waals surface area contributed by atoms with E-state index in [2.05, 4.69) is 78.3 Å². The number of aromatic nitrogens is 3. The molecule has 0 aliphatic carbocycles. The van der Waals surface area contributed by atoms with Crippen molar-refractivity contribution in [2.75, 3.05) is 0 Å². The Kier molecular flexibility index (Phi) is 7.05. The summed E-state index contributed by atoms with van der Waals surface area (Å²) in [5.74, 6) is 1.71. The lowest BCUT2D eigenvalue weighted by Gasteiger charge is -2.04. The fourth-order valence-electron chi connectivity index (χ4n) is 2.32. The van der Waals surface area contributed by atoms with Crippen LogP contribution in [-0.2, 0) is 12.2 Å². The molecule has 3 rings (SSSR count). The second kappa shape index (κ2) is 9.48. The smallest absolute Gasteiger partial charge is 0.191 e. The van der Waals surface area contributed by atoms with Gasteiger partial charge >= 0.3 is 0 Å². The van der Waals surface area contributed by atoms with Crippen LogP contribution in [0.25, 0.3) is 0 Å². The zero-order valence-electron chi connectivity index (χ0n) is 14.3. The van der Waals surface area contributed by atoms with E-state index in [0.717, 1.165) is 44.1 Å². The fourth-order valence-corrected chi connectivity index (χ4v) is 3.86. The maximum absolute atomic E-state index is 4.64. The quantitative estimate of drug-likeness (QED) is 0.302. The zero-order valence-corrected chi connectivity index (χ0v) is 18.3. The number of aryl methyl sites for hydroxylation is 1. The zero-order chi connectivity index (χ0) is 18.4. The summed E-state index contributed by atoms with van der Waals surface area (Å²) in [7, 11) is 0. The van der Waals surface area contributed by atoms with Crippen molar-refractivity contribution in [3.05, 3.63) is 74.4 Å². The highest BCUT2D eigenvalue weighted by Gasteiger charge is 2.11. The van der Waals surface area contributed by atoms with Gasteiger partial charge in [0.25, 0.3) is 0 Å². The van der Waals surface area contributed by atoms with Gasteiger partial charge in [-0.1, -0.05) is 74.8 Å². The van der Waals surface area contributed by atoms with E-state index >= 15 is 0 Å². The van der Waals surface area contributed by atoms with Gasteiger partial charge in [0.05, 0.1) is 6.21 Å². The normalized spacial score (nSPS) is 11.3. The average Bonchev–Trinajstić information content (AvgIpc) is 3.02. The lowest BCUT2D eigenvalue weighted by molar-refractivity contribution is 0.700. The number of rotatable bonds is 7. The summed E-state index contributed by atoms with van der Waals surface area (Å²) in [6.45, 7) is 2.13. The van der Waals surface area contributed by atoms with Crippen molar-refractivity contribution in [2.45, 2.75) is 30.7 Å². The van der Waals surface area contributed by atoms with Crippen molar-refractivity contribution in [3.8, 4) is 0 Å².